The zero-order chi connectivity index (χ0) is 33.5. The zero-order valence-corrected chi connectivity index (χ0v) is 25.2. The van der Waals surface area contributed by atoms with E-state index in [-0.39, 0.29) is 25.0 Å². The number of phenolic OH excluding ortho intramolecular Hbond substituents is 1. The topological polar surface area (TPSA) is 292 Å². The maximum atomic E-state index is 13.4. The molecule has 0 spiro atoms. The van der Waals surface area contributed by atoms with Crippen molar-refractivity contribution in [2.45, 2.75) is 55.9 Å². The van der Waals surface area contributed by atoms with Gasteiger partial charge in [0.05, 0.1) is 19.4 Å². The van der Waals surface area contributed by atoms with Gasteiger partial charge in [-0.05, 0) is 36.1 Å². The highest BCUT2D eigenvalue weighted by molar-refractivity contribution is 7.98. The number of amides is 5. The molecule has 0 saturated carbocycles. The number of aromatic hydroxyl groups is 1. The van der Waals surface area contributed by atoms with Gasteiger partial charge in [-0.15, -0.1) is 0 Å². The Kier molecular flexibility index (Phi) is 14.8. The Labute approximate surface area is 262 Å². The van der Waals surface area contributed by atoms with Gasteiger partial charge in [-0.3, -0.25) is 24.0 Å². The van der Waals surface area contributed by atoms with Crippen molar-refractivity contribution in [2.75, 3.05) is 18.6 Å². The maximum Gasteiger partial charge on any atom is 0.326 e. The van der Waals surface area contributed by atoms with Gasteiger partial charge < -0.3 is 53.0 Å². The number of aliphatic hydroxyl groups excluding tert-OH is 1. The van der Waals surface area contributed by atoms with E-state index in [0.717, 1.165) is 0 Å². The number of nitrogens with one attached hydrogen (secondary N) is 5. The lowest BCUT2D eigenvalue weighted by atomic mass is 10.0. The zero-order valence-electron chi connectivity index (χ0n) is 24.4. The molecule has 5 amide bonds. The minimum Gasteiger partial charge on any atom is -0.508 e. The number of hydrogen-bond donors (Lipinski definition) is 10. The van der Waals surface area contributed by atoms with Crippen molar-refractivity contribution >= 4 is 47.3 Å². The van der Waals surface area contributed by atoms with Gasteiger partial charge in [0.15, 0.2) is 0 Å². The highest BCUT2D eigenvalue weighted by atomic mass is 32.2. The van der Waals surface area contributed by atoms with Crippen LogP contribution in [0.4, 0.5) is 0 Å². The van der Waals surface area contributed by atoms with Gasteiger partial charge >= 0.3 is 5.97 Å². The van der Waals surface area contributed by atoms with Crippen molar-refractivity contribution in [1.29, 1.82) is 0 Å². The monoisotopic (exact) mass is 650 g/mol. The Morgan fingerprint density at radius 3 is 2.02 bits per heavy atom. The minimum absolute atomic E-state index is 0.0414. The van der Waals surface area contributed by atoms with Gasteiger partial charge in [-0.2, -0.15) is 11.8 Å². The third kappa shape index (κ3) is 12.5. The molecule has 0 aliphatic rings. The van der Waals surface area contributed by atoms with E-state index in [1.165, 1.54) is 48.6 Å². The van der Waals surface area contributed by atoms with Gasteiger partial charge in [0, 0.05) is 24.7 Å². The van der Waals surface area contributed by atoms with Gasteiger partial charge in [0.2, 0.25) is 29.5 Å². The maximum absolute atomic E-state index is 13.4. The number of imidazole rings is 1. The molecule has 17 nitrogen and oxygen atoms in total. The van der Waals surface area contributed by atoms with Crippen LogP contribution < -0.4 is 32.7 Å². The van der Waals surface area contributed by atoms with Gasteiger partial charge in [-0.1, -0.05) is 12.1 Å². The van der Waals surface area contributed by atoms with Crippen LogP contribution in [-0.4, -0.2) is 110 Å². The molecule has 45 heavy (non-hydrogen) atoms. The fraction of sp³-hybridized carbons (Fsp3) is 0.444. The molecule has 246 valence electrons. The number of H-pyrrole nitrogens is 1. The Morgan fingerprint density at radius 1 is 0.889 bits per heavy atom. The number of aromatic nitrogens is 2. The predicted octanol–water partition coefficient (Wildman–Crippen LogP) is -3.13. The van der Waals surface area contributed by atoms with Crippen LogP contribution in [0.5, 0.6) is 5.75 Å². The first-order chi connectivity index (χ1) is 21.3. The quantitative estimate of drug-likeness (QED) is 0.0722. The lowest BCUT2D eigenvalue weighted by Crippen LogP contribution is -2.59. The van der Waals surface area contributed by atoms with E-state index < -0.39 is 78.7 Å². The summed E-state index contributed by atoms with van der Waals surface area (Å²) >= 11 is 1.36. The summed E-state index contributed by atoms with van der Waals surface area (Å²) in [7, 11) is 0. The Hall–Kier alpha value is -4.68. The molecular formula is C27H38N8O9S. The van der Waals surface area contributed by atoms with Crippen LogP contribution >= 0.6 is 11.8 Å². The fourth-order valence-corrected chi connectivity index (χ4v) is 4.46. The number of aliphatic carboxylic acids is 1. The standard InChI is InChI=1S/C27H38N8O9S/c1-45-7-6-18(24(40)35-21(27(43)44)9-15-11-30-13-31-15)32-26(42)20(10-22(29)38)34-25(41)19(33-23(39)17(28)12-36)8-14-2-4-16(37)5-3-14/h2-5,11,13,17-21,36-37H,6-10,12,28H2,1H3,(H2,29,38)(H,30,31)(H,32,42)(H,33,39)(H,34,41)(H,35,40)(H,43,44)/t17-,18-,19-,20-,21-/m0/s1. The van der Waals surface area contributed by atoms with Crippen molar-refractivity contribution in [3.63, 3.8) is 0 Å². The first-order valence-corrected chi connectivity index (χ1v) is 15.1. The van der Waals surface area contributed by atoms with Gasteiger partial charge in [0.25, 0.3) is 0 Å². The number of carbonyl (C=O) groups is 6. The average molecular weight is 651 g/mol. The van der Waals surface area contributed by atoms with Crippen LogP contribution in [0.15, 0.2) is 36.8 Å². The summed E-state index contributed by atoms with van der Waals surface area (Å²) in [5, 5.41) is 38.0. The number of rotatable bonds is 19. The summed E-state index contributed by atoms with van der Waals surface area (Å²) in [5.41, 5.74) is 11.9. The number of carboxylic acids is 1. The highest BCUT2D eigenvalue weighted by Crippen LogP contribution is 2.12. The van der Waals surface area contributed by atoms with E-state index in [9.17, 15) is 44.1 Å². The molecule has 0 saturated heterocycles. The molecule has 0 unspecified atom stereocenters. The van der Waals surface area contributed by atoms with E-state index in [1.54, 1.807) is 6.26 Å². The smallest absolute Gasteiger partial charge is 0.326 e. The molecule has 1 heterocycles. The molecule has 2 rings (SSSR count). The third-order valence-electron chi connectivity index (χ3n) is 6.42. The molecule has 1 aromatic carbocycles. The molecule has 1 aromatic heterocycles. The molecule has 5 atom stereocenters. The lowest BCUT2D eigenvalue weighted by Gasteiger charge is -2.26. The average Bonchev–Trinajstić information content (AvgIpc) is 3.51. The number of aromatic amines is 1. The van der Waals surface area contributed by atoms with E-state index in [1.807, 2.05) is 0 Å². The van der Waals surface area contributed by atoms with E-state index in [0.29, 0.717) is 17.0 Å². The number of nitrogens with two attached hydrogens (primary N) is 2. The van der Waals surface area contributed by atoms with Gasteiger partial charge in [0.1, 0.15) is 36.0 Å². The molecule has 18 heteroatoms. The molecule has 0 aliphatic carbocycles. The number of nitrogens with zero attached hydrogens (tertiary/aromatic N) is 1. The summed E-state index contributed by atoms with van der Waals surface area (Å²) < 4.78 is 0. The Bertz CT molecular complexity index is 1310. The minimum atomic E-state index is -1.59. The Balaban J connectivity index is 2.25. The number of primary amides is 1. The SMILES string of the molecule is CSCC[C@H](NC(=O)[C@H](CC(N)=O)NC(=O)[C@H](Cc1ccc(O)cc1)NC(=O)[C@@H](N)CO)C(=O)N[C@@H](Cc1cnc[nH]1)C(=O)O. The van der Waals surface area contributed by atoms with Crippen LogP contribution in [0.1, 0.15) is 24.1 Å². The second-order valence-corrected chi connectivity index (χ2v) is 11.0. The molecule has 0 fully saturated rings. The first kappa shape index (κ1) is 36.5. The summed E-state index contributed by atoms with van der Waals surface area (Å²) in [5.74, 6) is -5.52. The van der Waals surface area contributed by atoms with Crippen molar-refractivity contribution in [3.8, 4) is 5.75 Å². The fourth-order valence-electron chi connectivity index (χ4n) is 3.99. The summed E-state index contributed by atoms with van der Waals surface area (Å²) in [6.07, 6.45) is 3.67. The summed E-state index contributed by atoms with van der Waals surface area (Å²) in [6, 6.07) is -1.21. The summed E-state index contributed by atoms with van der Waals surface area (Å²) in [6.45, 7) is -0.712. The predicted molar refractivity (Wildman–Crippen MR) is 161 cm³/mol. The van der Waals surface area contributed by atoms with Crippen LogP contribution in [0, 0.1) is 0 Å². The van der Waals surface area contributed by atoms with E-state index in [2.05, 4.69) is 31.2 Å². The molecule has 0 radical (unpaired) electrons. The van der Waals surface area contributed by atoms with Gasteiger partial charge in [-0.25, -0.2) is 9.78 Å². The van der Waals surface area contributed by atoms with Crippen LogP contribution in [-0.2, 0) is 41.6 Å². The molecule has 0 bridgehead atoms. The second kappa shape index (κ2) is 18.2. The Morgan fingerprint density at radius 2 is 1.47 bits per heavy atom. The molecule has 0 aliphatic heterocycles. The first-order valence-electron chi connectivity index (χ1n) is 13.7. The molecule has 2 aromatic rings. The number of carboxylic acid groups (broad SMARTS) is 1. The number of carbonyl (C=O) groups excluding carboxylic acids is 5. The van der Waals surface area contributed by atoms with E-state index >= 15 is 0 Å². The van der Waals surface area contributed by atoms with Crippen LogP contribution in [0.2, 0.25) is 0 Å². The second-order valence-electron chi connectivity index (χ2n) is 9.98. The largest absolute Gasteiger partial charge is 0.508 e. The number of hydrogen-bond acceptors (Lipinski definition) is 11. The summed E-state index contributed by atoms with van der Waals surface area (Å²) in [4.78, 5) is 82.5. The van der Waals surface area contributed by atoms with Crippen LogP contribution in [0.3, 0.4) is 0 Å². The van der Waals surface area contributed by atoms with Crippen molar-refractivity contribution in [1.82, 2.24) is 31.2 Å². The normalized spacial score (nSPS) is 14.2. The van der Waals surface area contributed by atoms with Crippen molar-refractivity contribution in [2.24, 2.45) is 11.5 Å². The van der Waals surface area contributed by atoms with Crippen molar-refractivity contribution in [3.05, 3.63) is 48.0 Å². The number of thioether (sulfide) groups is 1. The highest BCUT2D eigenvalue weighted by Gasteiger charge is 2.32. The van der Waals surface area contributed by atoms with Crippen LogP contribution in [0.25, 0.3) is 0 Å². The third-order valence-corrected chi connectivity index (χ3v) is 7.06. The molecular weight excluding hydrogens is 612 g/mol. The van der Waals surface area contributed by atoms with Crippen molar-refractivity contribution < 1.29 is 44.1 Å². The van der Waals surface area contributed by atoms with E-state index in [4.69, 9.17) is 11.5 Å². The number of benzene rings is 1. The molecule has 12 N–H and O–H groups in total. The number of aliphatic hydroxyl groups is 1. The lowest BCUT2D eigenvalue weighted by molar-refractivity contribution is -0.142. The number of phenols is 1.